The Labute approximate surface area is 106 Å². The van der Waals surface area contributed by atoms with Crippen molar-refractivity contribution in [1.29, 1.82) is 0 Å². The van der Waals surface area contributed by atoms with Crippen molar-refractivity contribution in [3.63, 3.8) is 0 Å². The molecule has 0 amide bonds. The smallest absolute Gasteiger partial charge is 0.336 e. The molecule has 0 saturated carbocycles. The van der Waals surface area contributed by atoms with Gasteiger partial charge >= 0.3 is 5.97 Å². The van der Waals surface area contributed by atoms with Gasteiger partial charge in [-0.15, -0.1) is 0 Å². The summed E-state index contributed by atoms with van der Waals surface area (Å²) in [5.41, 5.74) is 4.60. The third-order valence-electron chi connectivity index (χ3n) is 2.78. The Bertz CT molecular complexity index is 418. The second-order valence-corrected chi connectivity index (χ2v) is 4.03. The van der Waals surface area contributed by atoms with Crippen LogP contribution in [0.1, 0.15) is 12.0 Å². The van der Waals surface area contributed by atoms with Gasteiger partial charge in [0, 0.05) is 6.42 Å². The molecule has 1 rings (SSSR count). The Morgan fingerprint density at radius 2 is 1.94 bits per heavy atom. The average molecular weight is 251 g/mol. The van der Waals surface area contributed by atoms with E-state index in [1.54, 1.807) is 0 Å². The van der Waals surface area contributed by atoms with Gasteiger partial charge in [0.05, 0.1) is 13.7 Å². The fourth-order valence-corrected chi connectivity index (χ4v) is 1.57. The molecule has 1 aromatic carbocycles. The molecule has 1 aromatic rings. The zero-order valence-electron chi connectivity index (χ0n) is 10.3. The highest BCUT2D eigenvalue weighted by molar-refractivity contribution is 6.08. The number of ketones is 1. The van der Waals surface area contributed by atoms with Crippen LogP contribution >= 0.6 is 0 Å². The summed E-state index contributed by atoms with van der Waals surface area (Å²) >= 11 is 0. The van der Waals surface area contributed by atoms with E-state index in [0.717, 1.165) is 12.7 Å². The first kappa shape index (κ1) is 14.3. The van der Waals surface area contributed by atoms with Crippen LogP contribution < -0.4 is 5.73 Å². The number of aliphatic hydroxyl groups is 1. The van der Waals surface area contributed by atoms with E-state index in [1.165, 1.54) is 0 Å². The van der Waals surface area contributed by atoms with E-state index in [4.69, 9.17) is 10.8 Å². The van der Waals surface area contributed by atoms with Gasteiger partial charge in [0.25, 0.3) is 0 Å². The molecule has 18 heavy (non-hydrogen) atoms. The summed E-state index contributed by atoms with van der Waals surface area (Å²) in [5, 5.41) is 9.11. The second kappa shape index (κ2) is 6.28. The fourth-order valence-electron chi connectivity index (χ4n) is 1.57. The lowest BCUT2D eigenvalue weighted by Gasteiger charge is -2.22. The lowest BCUT2D eigenvalue weighted by Crippen LogP contribution is -2.58. The molecular weight excluding hydrogens is 234 g/mol. The summed E-state index contributed by atoms with van der Waals surface area (Å²) < 4.78 is 4.43. The maximum absolute atomic E-state index is 11.9. The zero-order chi connectivity index (χ0) is 13.6. The van der Waals surface area contributed by atoms with Crippen LogP contribution in [-0.4, -0.2) is 36.1 Å². The van der Waals surface area contributed by atoms with Crippen LogP contribution in [0.5, 0.6) is 0 Å². The molecule has 0 heterocycles. The zero-order valence-corrected chi connectivity index (χ0v) is 10.3. The minimum absolute atomic E-state index is 0.0795. The van der Waals surface area contributed by atoms with Crippen molar-refractivity contribution in [3.8, 4) is 0 Å². The third-order valence-corrected chi connectivity index (χ3v) is 2.78. The molecule has 0 aromatic heterocycles. The van der Waals surface area contributed by atoms with E-state index >= 15 is 0 Å². The lowest BCUT2D eigenvalue weighted by molar-refractivity contribution is -0.153. The van der Waals surface area contributed by atoms with Gasteiger partial charge in [-0.05, 0) is 12.0 Å². The highest BCUT2D eigenvalue weighted by atomic mass is 16.5. The topological polar surface area (TPSA) is 89.6 Å². The molecule has 98 valence electrons. The predicted molar refractivity (Wildman–Crippen MR) is 65.8 cm³/mol. The van der Waals surface area contributed by atoms with Crippen molar-refractivity contribution in [2.75, 3.05) is 13.7 Å². The Morgan fingerprint density at radius 3 is 2.44 bits per heavy atom. The SMILES string of the molecule is COC(=O)[C@](N)(CO)C(=O)CCc1ccccc1. The van der Waals surface area contributed by atoms with Gasteiger partial charge in [0.1, 0.15) is 0 Å². The maximum Gasteiger partial charge on any atom is 0.336 e. The summed E-state index contributed by atoms with van der Waals surface area (Å²) in [6, 6.07) is 9.36. The number of esters is 1. The van der Waals surface area contributed by atoms with Gasteiger partial charge in [-0.1, -0.05) is 30.3 Å². The quantitative estimate of drug-likeness (QED) is 0.551. The van der Waals surface area contributed by atoms with Gasteiger partial charge in [-0.2, -0.15) is 0 Å². The van der Waals surface area contributed by atoms with Crippen molar-refractivity contribution < 1.29 is 19.4 Å². The molecule has 0 saturated heterocycles. The predicted octanol–water partition coefficient (Wildman–Crippen LogP) is 0.0511. The normalized spacial score (nSPS) is 13.7. The van der Waals surface area contributed by atoms with Crippen LogP contribution in [0.25, 0.3) is 0 Å². The minimum atomic E-state index is -1.95. The first-order valence-electron chi connectivity index (χ1n) is 5.60. The molecular formula is C13H17NO4. The van der Waals surface area contributed by atoms with Gasteiger partial charge in [0.15, 0.2) is 11.3 Å². The highest BCUT2D eigenvalue weighted by Gasteiger charge is 2.41. The number of hydrogen-bond donors (Lipinski definition) is 2. The van der Waals surface area contributed by atoms with Gasteiger partial charge in [0.2, 0.25) is 0 Å². The van der Waals surface area contributed by atoms with E-state index in [1.807, 2.05) is 30.3 Å². The van der Waals surface area contributed by atoms with E-state index in [-0.39, 0.29) is 6.42 Å². The van der Waals surface area contributed by atoms with Crippen LogP contribution in [-0.2, 0) is 20.7 Å². The number of rotatable bonds is 6. The first-order chi connectivity index (χ1) is 8.54. The lowest BCUT2D eigenvalue weighted by atomic mass is 9.92. The van der Waals surface area contributed by atoms with Crippen LogP contribution in [0.2, 0.25) is 0 Å². The molecule has 3 N–H and O–H groups in total. The molecule has 0 unspecified atom stereocenters. The summed E-state index contributed by atoms with van der Waals surface area (Å²) in [6.07, 6.45) is 0.547. The standard InChI is InChI=1S/C13H17NO4/c1-18-12(17)13(14,9-15)11(16)8-7-10-5-3-2-4-6-10/h2-6,15H,7-9,14H2,1H3/t13-/m0/s1. The van der Waals surface area contributed by atoms with Crippen LogP contribution in [0.4, 0.5) is 0 Å². The monoisotopic (exact) mass is 251 g/mol. The van der Waals surface area contributed by atoms with Crippen molar-refractivity contribution in [2.24, 2.45) is 5.73 Å². The average Bonchev–Trinajstić information content (AvgIpc) is 2.43. The summed E-state index contributed by atoms with van der Waals surface area (Å²) in [4.78, 5) is 23.3. The Morgan fingerprint density at radius 1 is 1.33 bits per heavy atom. The summed E-state index contributed by atoms with van der Waals surface area (Å²) in [6.45, 7) is -0.757. The largest absolute Gasteiger partial charge is 0.467 e. The molecule has 0 fully saturated rings. The number of carbonyl (C=O) groups is 2. The molecule has 0 aliphatic carbocycles. The van der Waals surface area contributed by atoms with Crippen LogP contribution in [0, 0.1) is 0 Å². The fraction of sp³-hybridized carbons (Fsp3) is 0.385. The third kappa shape index (κ3) is 3.15. The van der Waals surface area contributed by atoms with Crippen LogP contribution in [0.3, 0.4) is 0 Å². The molecule has 5 nitrogen and oxygen atoms in total. The van der Waals surface area contributed by atoms with E-state index < -0.39 is 23.9 Å². The number of aliphatic hydroxyl groups excluding tert-OH is 1. The molecule has 0 spiro atoms. The van der Waals surface area contributed by atoms with Crippen LogP contribution in [0.15, 0.2) is 30.3 Å². The molecule has 1 atom stereocenters. The summed E-state index contributed by atoms with van der Waals surface area (Å²) in [7, 11) is 1.13. The van der Waals surface area contributed by atoms with Gasteiger partial charge in [-0.3, -0.25) is 4.79 Å². The molecule has 0 aliphatic rings. The Balaban J connectivity index is 2.67. The summed E-state index contributed by atoms with van der Waals surface area (Å²) in [5.74, 6) is -1.44. The second-order valence-electron chi connectivity index (χ2n) is 4.03. The van der Waals surface area contributed by atoms with Gasteiger partial charge in [-0.25, -0.2) is 4.79 Å². The van der Waals surface area contributed by atoms with E-state index in [0.29, 0.717) is 6.42 Å². The number of ether oxygens (including phenoxy) is 1. The van der Waals surface area contributed by atoms with Crippen molar-refractivity contribution in [3.05, 3.63) is 35.9 Å². The number of benzene rings is 1. The number of carbonyl (C=O) groups excluding carboxylic acids is 2. The number of Topliss-reactive ketones (excluding diaryl/α,β-unsaturated/α-hetero) is 1. The number of hydrogen-bond acceptors (Lipinski definition) is 5. The number of nitrogens with two attached hydrogens (primary N) is 1. The van der Waals surface area contributed by atoms with Crippen molar-refractivity contribution in [1.82, 2.24) is 0 Å². The Kier molecular flexibility index (Phi) is 5.00. The first-order valence-corrected chi connectivity index (χ1v) is 5.60. The van der Waals surface area contributed by atoms with E-state index in [9.17, 15) is 9.59 Å². The van der Waals surface area contributed by atoms with Crippen molar-refractivity contribution >= 4 is 11.8 Å². The maximum atomic E-state index is 11.9. The molecule has 0 aliphatic heterocycles. The number of methoxy groups -OCH3 is 1. The van der Waals surface area contributed by atoms with Crippen molar-refractivity contribution in [2.45, 2.75) is 18.4 Å². The molecule has 5 heteroatoms. The Hall–Kier alpha value is -1.72. The molecule has 0 bridgehead atoms. The number of aryl methyl sites for hydroxylation is 1. The van der Waals surface area contributed by atoms with E-state index in [2.05, 4.69) is 4.74 Å². The minimum Gasteiger partial charge on any atom is -0.467 e. The molecule has 0 radical (unpaired) electrons. The van der Waals surface area contributed by atoms with Gasteiger partial charge < -0.3 is 15.6 Å². The highest BCUT2D eigenvalue weighted by Crippen LogP contribution is 2.11.